The molecule has 1 aliphatic heterocycles. The van der Waals surface area contributed by atoms with Crippen molar-refractivity contribution in [1.29, 1.82) is 0 Å². The summed E-state index contributed by atoms with van der Waals surface area (Å²) in [6.45, 7) is 1.88. The Balaban J connectivity index is 2.35. The molecule has 2 N–H and O–H groups in total. The Hall–Kier alpha value is -0.120. The Labute approximate surface area is 54.3 Å². The average Bonchev–Trinajstić information content (AvgIpc) is 1.80. The lowest BCUT2D eigenvalue weighted by Crippen LogP contribution is -2.37. The van der Waals surface area contributed by atoms with Crippen molar-refractivity contribution >= 4 is 0 Å². The second kappa shape index (κ2) is 2.64. The first-order valence-corrected chi connectivity index (χ1v) is 3.21. The van der Waals surface area contributed by atoms with E-state index in [4.69, 9.17) is 14.9 Å². The molecule has 54 valence electrons. The molecule has 0 aromatic rings. The molecule has 0 aromatic carbocycles. The highest BCUT2D eigenvalue weighted by molar-refractivity contribution is 4.68. The number of ether oxygens (including phenoxy) is 1. The SMILES string of the molecule is C[C@H]1CC[C@@H](O)[C@H](O)O1. The summed E-state index contributed by atoms with van der Waals surface area (Å²) in [5.41, 5.74) is 0. The summed E-state index contributed by atoms with van der Waals surface area (Å²) in [5.74, 6) is 0. The third-order valence-electron chi connectivity index (χ3n) is 1.57. The Bertz CT molecular complexity index is 94.3. The van der Waals surface area contributed by atoms with Gasteiger partial charge in [-0.2, -0.15) is 0 Å². The summed E-state index contributed by atoms with van der Waals surface area (Å²) < 4.78 is 4.90. The van der Waals surface area contributed by atoms with Crippen LogP contribution in [0.1, 0.15) is 19.8 Å². The van der Waals surface area contributed by atoms with Crippen LogP contribution in [0.2, 0.25) is 0 Å². The molecule has 1 rings (SSSR count). The fraction of sp³-hybridized carbons (Fsp3) is 1.00. The van der Waals surface area contributed by atoms with Gasteiger partial charge in [-0.3, -0.25) is 0 Å². The van der Waals surface area contributed by atoms with Crippen LogP contribution in [0.5, 0.6) is 0 Å². The minimum absolute atomic E-state index is 0.0865. The monoisotopic (exact) mass is 132 g/mol. The Morgan fingerprint density at radius 2 is 2.00 bits per heavy atom. The van der Waals surface area contributed by atoms with E-state index in [0.717, 1.165) is 6.42 Å². The van der Waals surface area contributed by atoms with Gasteiger partial charge in [0, 0.05) is 0 Å². The lowest BCUT2D eigenvalue weighted by Gasteiger charge is -2.28. The molecule has 0 spiro atoms. The van der Waals surface area contributed by atoms with E-state index in [9.17, 15) is 0 Å². The Morgan fingerprint density at radius 1 is 1.33 bits per heavy atom. The van der Waals surface area contributed by atoms with E-state index in [0.29, 0.717) is 6.42 Å². The normalized spacial score (nSPS) is 45.0. The van der Waals surface area contributed by atoms with Gasteiger partial charge in [0.15, 0.2) is 6.29 Å². The zero-order chi connectivity index (χ0) is 6.85. The number of rotatable bonds is 0. The molecule has 3 atom stereocenters. The molecule has 0 saturated carbocycles. The third kappa shape index (κ3) is 1.64. The van der Waals surface area contributed by atoms with Crippen LogP contribution in [0.4, 0.5) is 0 Å². The zero-order valence-corrected chi connectivity index (χ0v) is 5.45. The number of aliphatic hydroxyl groups excluding tert-OH is 2. The third-order valence-corrected chi connectivity index (χ3v) is 1.57. The Kier molecular flexibility index (Phi) is 2.05. The van der Waals surface area contributed by atoms with Crippen LogP contribution in [-0.2, 0) is 4.74 Å². The minimum atomic E-state index is -0.964. The fourth-order valence-electron chi connectivity index (χ4n) is 0.945. The molecule has 0 unspecified atom stereocenters. The van der Waals surface area contributed by atoms with Gasteiger partial charge >= 0.3 is 0 Å². The topological polar surface area (TPSA) is 49.7 Å². The summed E-state index contributed by atoms with van der Waals surface area (Å²) >= 11 is 0. The number of hydrogen-bond acceptors (Lipinski definition) is 3. The maximum Gasteiger partial charge on any atom is 0.181 e. The fourth-order valence-corrected chi connectivity index (χ4v) is 0.945. The van der Waals surface area contributed by atoms with Crippen molar-refractivity contribution in [2.45, 2.75) is 38.3 Å². The van der Waals surface area contributed by atoms with E-state index in [-0.39, 0.29) is 6.10 Å². The Morgan fingerprint density at radius 3 is 2.44 bits per heavy atom. The van der Waals surface area contributed by atoms with Gasteiger partial charge in [0.1, 0.15) is 6.10 Å². The summed E-state index contributed by atoms with van der Waals surface area (Å²) in [5, 5.41) is 17.8. The van der Waals surface area contributed by atoms with Crippen molar-refractivity contribution in [3.8, 4) is 0 Å². The van der Waals surface area contributed by atoms with Crippen LogP contribution in [0.25, 0.3) is 0 Å². The summed E-state index contributed by atoms with van der Waals surface area (Å²) in [7, 11) is 0. The molecule has 3 heteroatoms. The molecule has 0 aliphatic carbocycles. The van der Waals surface area contributed by atoms with E-state index in [1.807, 2.05) is 6.92 Å². The second-order valence-electron chi connectivity index (χ2n) is 2.48. The van der Waals surface area contributed by atoms with Crippen molar-refractivity contribution in [3.63, 3.8) is 0 Å². The van der Waals surface area contributed by atoms with E-state index in [2.05, 4.69) is 0 Å². The molecule has 1 heterocycles. The van der Waals surface area contributed by atoms with Gasteiger partial charge in [-0.25, -0.2) is 0 Å². The van der Waals surface area contributed by atoms with Crippen molar-refractivity contribution in [2.24, 2.45) is 0 Å². The first-order valence-electron chi connectivity index (χ1n) is 3.21. The van der Waals surface area contributed by atoms with Gasteiger partial charge < -0.3 is 14.9 Å². The predicted molar refractivity (Wildman–Crippen MR) is 31.8 cm³/mol. The van der Waals surface area contributed by atoms with E-state index in [1.165, 1.54) is 0 Å². The van der Waals surface area contributed by atoms with Crippen LogP contribution in [0.15, 0.2) is 0 Å². The smallest absolute Gasteiger partial charge is 0.181 e. The van der Waals surface area contributed by atoms with Crippen LogP contribution in [0, 0.1) is 0 Å². The number of aliphatic hydroxyl groups is 2. The average molecular weight is 132 g/mol. The molecule has 3 nitrogen and oxygen atoms in total. The van der Waals surface area contributed by atoms with Gasteiger partial charge in [-0.15, -0.1) is 0 Å². The van der Waals surface area contributed by atoms with Crippen molar-refractivity contribution in [1.82, 2.24) is 0 Å². The molecule has 1 saturated heterocycles. The second-order valence-corrected chi connectivity index (χ2v) is 2.48. The van der Waals surface area contributed by atoms with Crippen LogP contribution >= 0.6 is 0 Å². The van der Waals surface area contributed by atoms with Crippen molar-refractivity contribution in [3.05, 3.63) is 0 Å². The summed E-state index contributed by atoms with van der Waals surface area (Å²) in [4.78, 5) is 0. The lowest BCUT2D eigenvalue weighted by molar-refractivity contribution is -0.210. The summed E-state index contributed by atoms with van der Waals surface area (Å²) in [6, 6.07) is 0. The molecular formula is C6H12O3. The van der Waals surface area contributed by atoms with Gasteiger partial charge in [0.25, 0.3) is 0 Å². The molecule has 9 heavy (non-hydrogen) atoms. The highest BCUT2D eigenvalue weighted by Crippen LogP contribution is 2.16. The molecule has 0 bridgehead atoms. The van der Waals surface area contributed by atoms with Crippen LogP contribution in [0.3, 0.4) is 0 Å². The van der Waals surface area contributed by atoms with Gasteiger partial charge in [0.2, 0.25) is 0 Å². The molecule has 1 aliphatic rings. The van der Waals surface area contributed by atoms with Crippen LogP contribution < -0.4 is 0 Å². The molecule has 1 fully saturated rings. The van der Waals surface area contributed by atoms with Gasteiger partial charge in [-0.1, -0.05) is 0 Å². The van der Waals surface area contributed by atoms with Crippen molar-refractivity contribution < 1.29 is 14.9 Å². The first kappa shape index (κ1) is 6.99. The quantitative estimate of drug-likeness (QED) is 0.482. The van der Waals surface area contributed by atoms with E-state index < -0.39 is 12.4 Å². The largest absolute Gasteiger partial charge is 0.388 e. The standard InChI is InChI=1S/C6H12O3/c1-4-2-3-5(7)6(8)9-4/h4-8H,2-3H2,1H3/t4-,5+,6+/m0/s1. The molecule has 0 amide bonds. The maximum atomic E-state index is 8.92. The maximum absolute atomic E-state index is 8.92. The predicted octanol–water partition coefficient (Wildman–Crippen LogP) is -0.135. The summed E-state index contributed by atoms with van der Waals surface area (Å²) in [6.07, 6.45) is -0.0843. The molecular weight excluding hydrogens is 120 g/mol. The zero-order valence-electron chi connectivity index (χ0n) is 5.45. The minimum Gasteiger partial charge on any atom is -0.388 e. The first-order chi connectivity index (χ1) is 4.20. The highest BCUT2D eigenvalue weighted by Gasteiger charge is 2.24. The highest BCUT2D eigenvalue weighted by atomic mass is 16.6. The number of hydrogen-bond donors (Lipinski definition) is 2. The molecule has 0 radical (unpaired) electrons. The molecule has 0 aromatic heterocycles. The van der Waals surface area contributed by atoms with Crippen molar-refractivity contribution in [2.75, 3.05) is 0 Å². The van der Waals surface area contributed by atoms with Crippen LogP contribution in [-0.4, -0.2) is 28.7 Å². The van der Waals surface area contributed by atoms with E-state index >= 15 is 0 Å². The van der Waals surface area contributed by atoms with E-state index in [1.54, 1.807) is 0 Å². The van der Waals surface area contributed by atoms with Gasteiger partial charge in [0.05, 0.1) is 6.10 Å². The van der Waals surface area contributed by atoms with Gasteiger partial charge in [-0.05, 0) is 19.8 Å². The lowest BCUT2D eigenvalue weighted by atomic mass is 10.1.